The minimum Gasteiger partial charge on any atom is -0.465 e. The lowest BCUT2D eigenvalue weighted by Crippen LogP contribution is -2.83. The Morgan fingerprint density at radius 1 is 0.913 bits per heavy atom. The average molecular weight is 637 g/mol. The summed E-state index contributed by atoms with van der Waals surface area (Å²) in [4.78, 5) is 52.1. The van der Waals surface area contributed by atoms with Crippen molar-refractivity contribution in [1.29, 1.82) is 0 Å². The molecule has 3 aliphatic rings. The summed E-state index contributed by atoms with van der Waals surface area (Å²) in [6.45, 7) is 6.62. The van der Waals surface area contributed by atoms with Crippen LogP contribution in [0, 0.1) is 11.3 Å². The molecule has 2 N–H and O–H groups in total. The minimum absolute atomic E-state index is 0.0213. The molecule has 5 rings (SSSR count). The third kappa shape index (κ3) is 5.61. The van der Waals surface area contributed by atoms with Crippen molar-refractivity contribution in [2.45, 2.75) is 88.7 Å². The maximum atomic E-state index is 13.7. The highest BCUT2D eigenvalue weighted by molar-refractivity contribution is 5.89. The van der Waals surface area contributed by atoms with Gasteiger partial charge in [-0.1, -0.05) is 48.5 Å². The Kier molecular flexibility index (Phi) is 8.89. The van der Waals surface area contributed by atoms with E-state index in [1.54, 1.807) is 68.4 Å². The van der Waals surface area contributed by atoms with Crippen molar-refractivity contribution >= 4 is 30.0 Å². The van der Waals surface area contributed by atoms with Gasteiger partial charge >= 0.3 is 23.9 Å². The van der Waals surface area contributed by atoms with E-state index in [9.17, 15) is 29.4 Å². The zero-order valence-electron chi connectivity index (χ0n) is 26.5. The van der Waals surface area contributed by atoms with E-state index in [0.29, 0.717) is 5.56 Å². The van der Waals surface area contributed by atoms with E-state index in [1.165, 1.54) is 32.9 Å². The van der Waals surface area contributed by atoms with Gasteiger partial charge in [-0.15, -0.1) is 0 Å². The van der Waals surface area contributed by atoms with Gasteiger partial charge in [0.25, 0.3) is 0 Å². The van der Waals surface area contributed by atoms with Gasteiger partial charge in [0.1, 0.15) is 29.8 Å². The van der Waals surface area contributed by atoms with Gasteiger partial charge in [0.05, 0.1) is 22.9 Å². The molecular formula is C35H40O11. The van der Waals surface area contributed by atoms with Gasteiger partial charge in [-0.25, -0.2) is 9.59 Å². The predicted molar refractivity (Wildman–Crippen MR) is 163 cm³/mol. The first-order chi connectivity index (χ1) is 21.6. The first-order valence-electron chi connectivity index (χ1n) is 15.3. The van der Waals surface area contributed by atoms with Crippen molar-refractivity contribution in [2.24, 2.45) is 11.3 Å². The van der Waals surface area contributed by atoms with Crippen molar-refractivity contribution in [2.75, 3.05) is 6.61 Å². The Labute approximate surface area is 267 Å². The van der Waals surface area contributed by atoms with E-state index in [4.69, 9.17) is 23.7 Å². The molecule has 0 unspecified atom stereocenters. The van der Waals surface area contributed by atoms with Crippen LogP contribution in [0.1, 0.15) is 63.4 Å². The number of aliphatic hydroxyl groups excluding tert-OH is 1. The smallest absolute Gasteiger partial charge is 0.338 e. The number of hydrogen-bond acceptors (Lipinski definition) is 11. The number of carbonyl (C=O) groups excluding carboxylic acids is 4. The number of esters is 4. The monoisotopic (exact) mass is 636 g/mol. The van der Waals surface area contributed by atoms with Gasteiger partial charge in [-0.05, 0) is 51.0 Å². The molecule has 3 fully saturated rings. The van der Waals surface area contributed by atoms with Gasteiger partial charge in [0, 0.05) is 32.3 Å². The van der Waals surface area contributed by atoms with E-state index in [2.05, 4.69) is 0 Å². The third-order valence-electron chi connectivity index (χ3n) is 9.64. The standard InChI is InChI=1S/C35H40O11/c1-21(36)42-20-34-27(44-31(40)24-14-10-7-11-15-24)18-25-29(39)35(34,46-32(25,3)4)33(5,41)19-26(43-22(2)37)30(34)45-28(38)17-16-23-12-8-6-9-13-23/h6-17,25-27,29-30,39,41H,18-20H2,1-5H3/b17-16+/t25-,26+,27+,29-,30+,33+,34-,35+/m1/s1. The first kappa shape index (κ1) is 33.3. The Morgan fingerprint density at radius 3 is 2.15 bits per heavy atom. The summed E-state index contributed by atoms with van der Waals surface area (Å²) in [7, 11) is 0. The zero-order chi connectivity index (χ0) is 33.5. The molecule has 1 aliphatic heterocycles. The largest absolute Gasteiger partial charge is 0.465 e. The third-order valence-corrected chi connectivity index (χ3v) is 9.64. The SMILES string of the molecule is CC(=O)OC[C@]12[C@@H](OC(=O)c3ccccc3)C[C@@H]3[C@@H](O)[C@]1(OC3(C)C)[C@@](C)(O)C[C@H](OC(C)=O)[C@@H]2OC(=O)/C=C/c1ccccc1. The van der Waals surface area contributed by atoms with Crippen LogP contribution >= 0.6 is 0 Å². The van der Waals surface area contributed by atoms with Crippen LogP contribution in [0.25, 0.3) is 6.08 Å². The van der Waals surface area contributed by atoms with Crippen molar-refractivity contribution in [3.05, 3.63) is 77.9 Å². The quantitative estimate of drug-likeness (QED) is 0.249. The molecule has 2 saturated carbocycles. The second kappa shape index (κ2) is 12.3. The highest BCUT2D eigenvalue weighted by Gasteiger charge is 2.85. The fourth-order valence-corrected chi connectivity index (χ4v) is 7.80. The summed E-state index contributed by atoms with van der Waals surface area (Å²) in [5, 5.41) is 24.4. The van der Waals surface area contributed by atoms with Gasteiger partial charge < -0.3 is 33.9 Å². The highest BCUT2D eigenvalue weighted by atomic mass is 16.6. The zero-order valence-corrected chi connectivity index (χ0v) is 26.5. The average Bonchev–Trinajstić information content (AvgIpc) is 3.14. The molecule has 246 valence electrons. The molecule has 0 aromatic heterocycles. The number of hydrogen-bond donors (Lipinski definition) is 2. The summed E-state index contributed by atoms with van der Waals surface area (Å²) in [6.07, 6.45) is -3.15. The summed E-state index contributed by atoms with van der Waals surface area (Å²) in [6, 6.07) is 17.2. The van der Waals surface area contributed by atoms with E-state index in [1.807, 2.05) is 6.07 Å². The van der Waals surface area contributed by atoms with Crippen molar-refractivity contribution in [1.82, 2.24) is 0 Å². The number of rotatable bonds is 8. The molecule has 1 heterocycles. The molecule has 2 aromatic carbocycles. The van der Waals surface area contributed by atoms with Crippen LogP contribution in [0.15, 0.2) is 66.7 Å². The van der Waals surface area contributed by atoms with Crippen LogP contribution in [0.5, 0.6) is 0 Å². The van der Waals surface area contributed by atoms with Crippen LogP contribution in [0.3, 0.4) is 0 Å². The van der Waals surface area contributed by atoms with Crippen LogP contribution in [0.4, 0.5) is 0 Å². The van der Waals surface area contributed by atoms with Crippen molar-refractivity contribution < 1.29 is 53.1 Å². The molecule has 0 amide bonds. The van der Waals surface area contributed by atoms with E-state index < -0.39 is 83.0 Å². The number of fused-ring (bicyclic) bond motifs is 1. The Morgan fingerprint density at radius 2 is 1.54 bits per heavy atom. The normalized spacial score (nSPS) is 34.3. The molecule has 46 heavy (non-hydrogen) atoms. The van der Waals surface area contributed by atoms with Gasteiger partial charge in [0.2, 0.25) is 0 Å². The van der Waals surface area contributed by atoms with E-state index in [0.717, 1.165) is 0 Å². The van der Waals surface area contributed by atoms with E-state index in [-0.39, 0.29) is 18.4 Å². The summed E-state index contributed by atoms with van der Waals surface area (Å²) in [5.74, 6) is -3.72. The lowest BCUT2D eigenvalue weighted by molar-refractivity contribution is -0.355. The number of carbonyl (C=O) groups is 4. The highest BCUT2D eigenvalue weighted by Crippen LogP contribution is 2.68. The van der Waals surface area contributed by atoms with Crippen LogP contribution in [-0.4, -0.2) is 81.9 Å². The van der Waals surface area contributed by atoms with Gasteiger partial charge in [0.15, 0.2) is 6.10 Å². The van der Waals surface area contributed by atoms with Crippen LogP contribution in [-0.2, 0) is 38.1 Å². The fraction of sp³-hybridized carbons (Fsp3) is 0.486. The minimum atomic E-state index is -2.03. The number of aliphatic hydroxyl groups is 2. The Hall–Kier alpha value is -4.06. The lowest BCUT2D eigenvalue weighted by Gasteiger charge is -2.65. The number of benzene rings is 2. The Bertz CT molecular complexity index is 1500. The van der Waals surface area contributed by atoms with Crippen molar-refractivity contribution in [3.63, 3.8) is 0 Å². The molecular weight excluding hydrogens is 596 g/mol. The maximum absolute atomic E-state index is 13.7. The molecule has 11 nitrogen and oxygen atoms in total. The molecule has 0 radical (unpaired) electrons. The lowest BCUT2D eigenvalue weighted by atomic mass is 9.46. The van der Waals surface area contributed by atoms with Gasteiger partial charge in [-0.3, -0.25) is 9.59 Å². The second-order valence-electron chi connectivity index (χ2n) is 13.0. The molecule has 2 bridgehead atoms. The molecule has 2 aromatic rings. The molecule has 11 heteroatoms. The predicted octanol–water partition coefficient (Wildman–Crippen LogP) is 3.40. The maximum Gasteiger partial charge on any atom is 0.338 e. The topological polar surface area (TPSA) is 155 Å². The Balaban J connectivity index is 1.71. The molecule has 8 atom stereocenters. The second-order valence-corrected chi connectivity index (χ2v) is 13.0. The first-order valence-corrected chi connectivity index (χ1v) is 15.3. The van der Waals surface area contributed by atoms with Crippen LogP contribution in [0.2, 0.25) is 0 Å². The summed E-state index contributed by atoms with van der Waals surface area (Å²) >= 11 is 0. The summed E-state index contributed by atoms with van der Waals surface area (Å²) < 4.78 is 30.3. The van der Waals surface area contributed by atoms with Gasteiger partial charge in [-0.2, -0.15) is 0 Å². The molecule has 2 aliphatic carbocycles. The van der Waals surface area contributed by atoms with Crippen LogP contribution < -0.4 is 0 Å². The molecule has 1 spiro atoms. The van der Waals surface area contributed by atoms with Crippen molar-refractivity contribution in [3.8, 4) is 0 Å². The molecule has 1 saturated heterocycles. The fourth-order valence-electron chi connectivity index (χ4n) is 7.80. The van der Waals surface area contributed by atoms with E-state index >= 15 is 0 Å². The summed E-state index contributed by atoms with van der Waals surface area (Å²) in [5.41, 5.74) is -6.15. The number of ether oxygens (including phenoxy) is 5.